The summed E-state index contributed by atoms with van der Waals surface area (Å²) in [4.78, 5) is 0. The first kappa shape index (κ1) is 35.3. The molecule has 240 valence electrons. The van der Waals surface area contributed by atoms with Crippen LogP contribution < -0.4 is 35.4 Å². The molecule has 0 amide bonds. The molecule has 0 radical (unpaired) electrons. The number of halogens is 2. The Morgan fingerprint density at radius 2 is 0.851 bits per heavy atom. The Labute approximate surface area is 306 Å². The normalized spacial score (nSPS) is 20.8. The van der Waals surface area contributed by atoms with Gasteiger partial charge in [0.2, 0.25) is 0 Å². The molecular weight excluding hydrogens is 685 g/mol. The molecule has 2 fully saturated rings. The number of hydrogen-bond acceptors (Lipinski definition) is 0. The summed E-state index contributed by atoms with van der Waals surface area (Å²) in [5, 5.41) is 6.61. The summed E-state index contributed by atoms with van der Waals surface area (Å²) in [6.07, 6.45) is 20.0. The Kier molecular flexibility index (Phi) is 12.4. The van der Waals surface area contributed by atoms with Crippen molar-refractivity contribution in [3.63, 3.8) is 0 Å². The summed E-state index contributed by atoms with van der Waals surface area (Å²) in [5.41, 5.74) is 8.19. The minimum absolute atomic E-state index is 0. The second-order valence-electron chi connectivity index (χ2n) is 13.4. The van der Waals surface area contributed by atoms with E-state index in [2.05, 4.69) is 121 Å². The quantitative estimate of drug-likeness (QED) is 0.165. The van der Waals surface area contributed by atoms with E-state index in [1.165, 1.54) is 80.4 Å². The number of hydrogen-bond donors (Lipinski definition) is 0. The fourth-order valence-corrected chi connectivity index (χ4v) is 19.7. The monoisotopic (exact) mass is 728 g/mol. The number of fused-ring (bicyclic) bond motifs is 2. The van der Waals surface area contributed by atoms with E-state index in [0.717, 1.165) is 11.3 Å². The molecule has 4 aliphatic carbocycles. The van der Waals surface area contributed by atoms with Gasteiger partial charge in [0, 0.05) is 0 Å². The molecular formula is C42H44Cl2P2Ti. The van der Waals surface area contributed by atoms with Crippen LogP contribution in [0.5, 0.6) is 0 Å². The maximum Gasteiger partial charge on any atom is -1.00 e. The molecule has 0 aliphatic heterocycles. The zero-order chi connectivity index (χ0) is 30.0. The summed E-state index contributed by atoms with van der Waals surface area (Å²) < 4.78 is 1.21. The Balaban J connectivity index is 0.00000193. The van der Waals surface area contributed by atoms with Crippen LogP contribution in [0.2, 0.25) is 0 Å². The van der Waals surface area contributed by atoms with Crippen molar-refractivity contribution in [2.45, 2.75) is 84.0 Å². The molecule has 5 heteroatoms. The molecule has 0 N–H and O–H groups in total. The van der Waals surface area contributed by atoms with Crippen LogP contribution in [0.15, 0.2) is 120 Å². The molecule has 4 aliphatic rings. The smallest absolute Gasteiger partial charge is 1.00 e. The van der Waals surface area contributed by atoms with Crippen LogP contribution in [0.3, 0.4) is 0 Å². The fourth-order valence-electron chi connectivity index (χ4n) is 8.59. The maximum absolute atomic E-state index is 2.76. The van der Waals surface area contributed by atoms with E-state index >= 15 is 0 Å². The van der Waals surface area contributed by atoms with Gasteiger partial charge in [0.05, 0.1) is 0 Å². The van der Waals surface area contributed by atoms with Crippen LogP contribution in [-0.2, 0) is 19.2 Å². The zero-order valence-corrected chi connectivity index (χ0v) is 31.9. The van der Waals surface area contributed by atoms with E-state index in [-0.39, 0.29) is 32.7 Å². The van der Waals surface area contributed by atoms with Gasteiger partial charge in [-0.1, -0.05) is 0 Å². The van der Waals surface area contributed by atoms with Gasteiger partial charge in [-0.15, -0.1) is 0 Å². The molecule has 47 heavy (non-hydrogen) atoms. The summed E-state index contributed by atoms with van der Waals surface area (Å²) >= 11 is -0.437. The van der Waals surface area contributed by atoms with E-state index in [1.54, 1.807) is 22.0 Å². The first-order valence-electron chi connectivity index (χ1n) is 17.4. The Morgan fingerprint density at radius 1 is 0.447 bits per heavy atom. The predicted molar refractivity (Wildman–Crippen MR) is 194 cm³/mol. The Hall–Kier alpha value is -1.49. The van der Waals surface area contributed by atoms with Crippen molar-refractivity contribution in [3.8, 4) is 0 Å². The van der Waals surface area contributed by atoms with Crippen molar-refractivity contribution < 1.29 is 44.0 Å². The first-order valence-corrected chi connectivity index (χ1v) is 22.0. The third-order valence-electron chi connectivity index (χ3n) is 10.7. The van der Waals surface area contributed by atoms with Crippen molar-refractivity contribution in [3.05, 3.63) is 142 Å². The molecule has 0 saturated heterocycles. The Bertz CT molecular complexity index is 1620. The molecule has 8 rings (SSSR count). The second-order valence-corrected chi connectivity index (χ2v) is 20.8. The third-order valence-corrected chi connectivity index (χ3v) is 20.5. The van der Waals surface area contributed by atoms with E-state index in [1.807, 2.05) is 5.31 Å². The SMILES string of the molecule is C1=C(P(c2ccccc2)c2ccccc2)[CH]([Ti+2][CH]2C(P(C3CCCCC3)C3CCCCC3)=Cc3ccccc32)c2ccccc21.[Cl-].[Cl-]. The van der Waals surface area contributed by atoms with Crippen LogP contribution >= 0.6 is 15.8 Å². The molecule has 0 nitrogen and oxygen atoms in total. The largest absolute Gasteiger partial charge is 1.00 e. The molecule has 4 aromatic carbocycles. The molecule has 0 aromatic heterocycles. The zero-order valence-electron chi connectivity index (χ0n) is 27.1. The van der Waals surface area contributed by atoms with Gasteiger partial charge in [-0.05, 0) is 0 Å². The average Bonchev–Trinajstić information content (AvgIpc) is 3.65. The molecule has 2 saturated carbocycles. The molecule has 2 atom stereocenters. The van der Waals surface area contributed by atoms with E-state index in [9.17, 15) is 0 Å². The van der Waals surface area contributed by atoms with E-state index in [0.29, 0.717) is 8.45 Å². The predicted octanol–water partition coefficient (Wildman–Crippen LogP) is 5.55. The van der Waals surface area contributed by atoms with Gasteiger partial charge in [0.1, 0.15) is 0 Å². The van der Waals surface area contributed by atoms with Crippen molar-refractivity contribution in [2.24, 2.45) is 0 Å². The molecule has 0 spiro atoms. The van der Waals surface area contributed by atoms with E-state index < -0.39 is 27.1 Å². The van der Waals surface area contributed by atoms with Gasteiger partial charge in [0.15, 0.2) is 0 Å². The first-order chi connectivity index (χ1) is 22.3. The Morgan fingerprint density at radius 3 is 1.34 bits per heavy atom. The maximum atomic E-state index is 2.76. The number of rotatable bonds is 8. The molecule has 4 aromatic rings. The van der Waals surface area contributed by atoms with Gasteiger partial charge in [-0.2, -0.15) is 0 Å². The molecule has 2 unspecified atom stereocenters. The van der Waals surface area contributed by atoms with Gasteiger partial charge in [0.25, 0.3) is 0 Å². The van der Waals surface area contributed by atoms with Gasteiger partial charge >= 0.3 is 284 Å². The van der Waals surface area contributed by atoms with Crippen molar-refractivity contribution in [1.82, 2.24) is 0 Å². The van der Waals surface area contributed by atoms with Crippen LogP contribution in [-0.4, -0.2) is 11.3 Å². The minimum atomic E-state index is -0.601. The minimum Gasteiger partial charge on any atom is -1.00 e. The van der Waals surface area contributed by atoms with Crippen LogP contribution in [0, 0.1) is 0 Å². The second kappa shape index (κ2) is 16.5. The number of allylic oxidation sites excluding steroid dienone is 2. The number of benzene rings is 4. The summed E-state index contributed by atoms with van der Waals surface area (Å²) in [6.45, 7) is 0. The standard InChI is InChI=1S/C21H28P.C21H16P.2ClH.Ti/c2*1-3-11-19(12-4-1)22(20-13-5-2-6-14-20)21-15-17-9-7-8-10-18(17)16-21;;;/h7-10,15-16,19-20H,1-6,11-14H2;1-16H;2*1H;/q;;;;+2/p-2. The van der Waals surface area contributed by atoms with Gasteiger partial charge < -0.3 is 24.8 Å². The molecule has 0 heterocycles. The van der Waals surface area contributed by atoms with Crippen LogP contribution in [0.25, 0.3) is 12.2 Å². The summed E-state index contributed by atoms with van der Waals surface area (Å²) in [6, 6.07) is 41.9. The topological polar surface area (TPSA) is 0 Å². The third kappa shape index (κ3) is 7.37. The van der Waals surface area contributed by atoms with Crippen LogP contribution in [0.1, 0.15) is 94.9 Å². The van der Waals surface area contributed by atoms with Crippen molar-refractivity contribution in [1.29, 1.82) is 0 Å². The van der Waals surface area contributed by atoms with Gasteiger partial charge in [-0.25, -0.2) is 0 Å². The summed E-state index contributed by atoms with van der Waals surface area (Å²) in [5.74, 6) is 0. The van der Waals surface area contributed by atoms with Crippen LogP contribution in [0.4, 0.5) is 0 Å². The van der Waals surface area contributed by atoms with Gasteiger partial charge in [-0.3, -0.25) is 0 Å². The van der Waals surface area contributed by atoms with Crippen molar-refractivity contribution >= 4 is 38.6 Å². The molecule has 0 bridgehead atoms. The summed E-state index contributed by atoms with van der Waals surface area (Å²) in [7, 11) is -0.711. The van der Waals surface area contributed by atoms with E-state index in [4.69, 9.17) is 0 Å². The average molecular weight is 730 g/mol. The van der Waals surface area contributed by atoms with Crippen molar-refractivity contribution in [2.75, 3.05) is 0 Å². The fraction of sp³-hybridized carbons (Fsp3) is 0.333.